The highest BCUT2D eigenvalue weighted by Crippen LogP contribution is 2.18. The molecule has 0 unspecified atom stereocenters. The fourth-order valence-electron chi connectivity index (χ4n) is 3.14. The minimum absolute atomic E-state index is 0.0596. The van der Waals surface area contributed by atoms with E-state index in [0.29, 0.717) is 31.7 Å². The van der Waals surface area contributed by atoms with E-state index >= 15 is 0 Å². The molecule has 2 aromatic carbocycles. The molecule has 0 atom stereocenters. The van der Waals surface area contributed by atoms with Gasteiger partial charge in [-0.2, -0.15) is 9.41 Å². The largest absolute Gasteiger partial charge is 0.325 e. The van der Waals surface area contributed by atoms with Crippen LogP contribution in [0.1, 0.15) is 5.56 Å². The molecule has 1 aliphatic heterocycles. The second-order valence-corrected chi connectivity index (χ2v) is 9.78. The number of nitro groups is 1. The Labute approximate surface area is 187 Å². The van der Waals surface area contributed by atoms with Gasteiger partial charge in [0.25, 0.3) is 11.6 Å². The van der Waals surface area contributed by atoms with Crippen LogP contribution in [0, 0.1) is 10.1 Å². The van der Waals surface area contributed by atoms with Gasteiger partial charge in [-0.05, 0) is 24.3 Å². The van der Waals surface area contributed by atoms with Crippen molar-refractivity contribution in [1.82, 2.24) is 9.73 Å². The van der Waals surface area contributed by atoms with E-state index in [1.165, 1.54) is 28.7 Å². The van der Waals surface area contributed by atoms with Crippen LogP contribution in [0.4, 0.5) is 5.69 Å². The summed E-state index contributed by atoms with van der Waals surface area (Å²) in [5.74, 6) is -0.319. The first-order valence-corrected chi connectivity index (χ1v) is 11.6. The van der Waals surface area contributed by atoms with Crippen LogP contribution in [-0.2, 0) is 14.8 Å². The average Bonchev–Trinajstić information content (AvgIpc) is 2.74. The maximum absolute atomic E-state index is 12.7. The molecule has 0 saturated carbocycles. The van der Waals surface area contributed by atoms with Gasteiger partial charge in [0.2, 0.25) is 10.0 Å². The summed E-state index contributed by atoms with van der Waals surface area (Å²) in [7, 11) is -3.56. The van der Waals surface area contributed by atoms with Gasteiger partial charge in [0.1, 0.15) is 0 Å². The molecule has 0 radical (unpaired) electrons. The molecular weight excluding hydrogens is 490 g/mol. The van der Waals surface area contributed by atoms with Gasteiger partial charge >= 0.3 is 0 Å². The SMILES string of the molecule is O=C(C[NH+]1CCN(S(=O)(=O)c2ccc(Br)cc2)CC1)NN=Cc1cccc([N+](=O)[O-])c1. The lowest BCUT2D eigenvalue weighted by Crippen LogP contribution is -3.15. The number of carbonyl (C=O) groups excluding carboxylic acids is 1. The fourth-order valence-corrected chi connectivity index (χ4v) is 4.85. The molecule has 3 rings (SSSR count). The van der Waals surface area contributed by atoms with Crippen molar-refractivity contribution >= 4 is 43.8 Å². The number of benzene rings is 2. The first-order valence-electron chi connectivity index (χ1n) is 9.41. The Morgan fingerprint density at radius 3 is 2.55 bits per heavy atom. The Hall–Kier alpha value is -2.67. The van der Waals surface area contributed by atoms with E-state index in [2.05, 4.69) is 26.5 Å². The van der Waals surface area contributed by atoms with E-state index in [9.17, 15) is 23.3 Å². The van der Waals surface area contributed by atoms with Gasteiger partial charge < -0.3 is 4.90 Å². The highest BCUT2D eigenvalue weighted by atomic mass is 79.9. The number of nitrogens with one attached hydrogen (secondary N) is 2. The highest BCUT2D eigenvalue weighted by Gasteiger charge is 2.31. The lowest BCUT2D eigenvalue weighted by molar-refractivity contribution is -0.895. The number of hydrazone groups is 1. The zero-order valence-corrected chi connectivity index (χ0v) is 18.8. The molecular formula is C19H21BrN5O5S+. The predicted molar refractivity (Wildman–Crippen MR) is 117 cm³/mol. The Morgan fingerprint density at radius 1 is 1.23 bits per heavy atom. The summed E-state index contributed by atoms with van der Waals surface area (Å²) in [5, 5.41) is 14.6. The van der Waals surface area contributed by atoms with E-state index in [1.54, 1.807) is 30.3 Å². The molecule has 1 saturated heterocycles. The summed E-state index contributed by atoms with van der Waals surface area (Å²) in [6.45, 7) is 1.78. The lowest BCUT2D eigenvalue weighted by atomic mass is 10.2. The molecule has 2 aromatic rings. The standard InChI is InChI=1S/C19H20BrN5O5S/c20-16-4-6-18(7-5-16)31(29,30)24-10-8-23(9-11-24)14-19(26)22-21-13-15-2-1-3-17(12-15)25(27)28/h1-7,12-13H,8-11,14H2,(H,22,26)/p+1. The van der Waals surface area contributed by atoms with Crippen LogP contribution < -0.4 is 10.3 Å². The third kappa shape index (κ3) is 6.17. The fraction of sp³-hybridized carbons (Fsp3) is 0.263. The number of hydrogen-bond donors (Lipinski definition) is 2. The number of nitrogens with zero attached hydrogens (tertiary/aromatic N) is 3. The number of carbonyl (C=O) groups is 1. The number of amides is 1. The van der Waals surface area contributed by atoms with E-state index in [1.807, 2.05) is 0 Å². The van der Waals surface area contributed by atoms with Gasteiger partial charge in [0.05, 0.1) is 42.2 Å². The summed E-state index contributed by atoms with van der Waals surface area (Å²) in [6, 6.07) is 12.4. The minimum Gasteiger partial charge on any atom is -0.325 e. The van der Waals surface area contributed by atoms with Gasteiger partial charge in [-0.3, -0.25) is 14.9 Å². The summed E-state index contributed by atoms with van der Waals surface area (Å²) in [5.41, 5.74) is 2.84. The molecule has 31 heavy (non-hydrogen) atoms. The predicted octanol–water partition coefficient (Wildman–Crippen LogP) is 0.397. The normalized spacial score (nSPS) is 15.8. The molecule has 1 fully saturated rings. The van der Waals surface area contributed by atoms with E-state index in [4.69, 9.17) is 0 Å². The number of sulfonamides is 1. The monoisotopic (exact) mass is 510 g/mol. The van der Waals surface area contributed by atoms with Gasteiger partial charge in [-0.1, -0.05) is 28.1 Å². The molecule has 2 N–H and O–H groups in total. The van der Waals surface area contributed by atoms with Crippen molar-refractivity contribution in [2.45, 2.75) is 4.90 Å². The highest BCUT2D eigenvalue weighted by molar-refractivity contribution is 9.10. The van der Waals surface area contributed by atoms with Gasteiger partial charge in [-0.15, -0.1) is 0 Å². The van der Waals surface area contributed by atoms with Crippen molar-refractivity contribution < 1.29 is 23.0 Å². The third-order valence-corrected chi connectivity index (χ3v) is 7.22. The lowest BCUT2D eigenvalue weighted by Gasteiger charge is -2.31. The van der Waals surface area contributed by atoms with Crippen molar-refractivity contribution in [3.05, 3.63) is 68.7 Å². The Balaban J connectivity index is 1.48. The zero-order valence-electron chi connectivity index (χ0n) is 16.4. The average molecular weight is 511 g/mol. The summed E-state index contributed by atoms with van der Waals surface area (Å²) in [6.07, 6.45) is 1.34. The topological polar surface area (TPSA) is 126 Å². The van der Waals surface area contributed by atoms with E-state index < -0.39 is 14.9 Å². The number of rotatable bonds is 7. The Bertz CT molecular complexity index is 1080. The van der Waals surface area contributed by atoms with Gasteiger partial charge in [0.15, 0.2) is 6.54 Å². The van der Waals surface area contributed by atoms with Crippen molar-refractivity contribution in [3.63, 3.8) is 0 Å². The number of piperazine rings is 1. The van der Waals surface area contributed by atoms with E-state index in [-0.39, 0.29) is 23.0 Å². The van der Waals surface area contributed by atoms with Gasteiger partial charge in [0, 0.05) is 22.2 Å². The van der Waals surface area contributed by atoms with Crippen LogP contribution in [0.15, 0.2) is 63.0 Å². The molecule has 164 valence electrons. The van der Waals surface area contributed by atoms with Crippen LogP contribution in [-0.4, -0.2) is 62.5 Å². The number of halogens is 1. The van der Waals surface area contributed by atoms with Crippen molar-refractivity contribution in [2.24, 2.45) is 5.10 Å². The number of non-ortho nitro benzene ring substituents is 1. The van der Waals surface area contributed by atoms with E-state index in [0.717, 1.165) is 9.37 Å². The molecule has 1 aliphatic rings. The van der Waals surface area contributed by atoms with Crippen molar-refractivity contribution in [2.75, 3.05) is 32.7 Å². The molecule has 12 heteroatoms. The second kappa shape index (κ2) is 10.1. The summed E-state index contributed by atoms with van der Waals surface area (Å²) in [4.78, 5) is 23.6. The van der Waals surface area contributed by atoms with Crippen LogP contribution in [0.5, 0.6) is 0 Å². The molecule has 10 nitrogen and oxygen atoms in total. The maximum Gasteiger partial charge on any atom is 0.295 e. The first kappa shape index (κ1) is 23.0. The summed E-state index contributed by atoms with van der Waals surface area (Å²) < 4.78 is 27.7. The van der Waals surface area contributed by atoms with Crippen LogP contribution in [0.2, 0.25) is 0 Å². The zero-order chi connectivity index (χ0) is 22.4. The minimum atomic E-state index is -3.56. The quantitative estimate of drug-likeness (QED) is 0.316. The summed E-state index contributed by atoms with van der Waals surface area (Å²) >= 11 is 3.29. The number of hydrogen-bond acceptors (Lipinski definition) is 6. The Morgan fingerprint density at radius 2 is 1.90 bits per heavy atom. The van der Waals surface area contributed by atoms with Crippen molar-refractivity contribution in [1.29, 1.82) is 0 Å². The third-order valence-electron chi connectivity index (χ3n) is 4.78. The number of nitro benzene ring substituents is 1. The van der Waals surface area contributed by atoms with Crippen molar-refractivity contribution in [3.8, 4) is 0 Å². The molecule has 1 heterocycles. The molecule has 0 bridgehead atoms. The van der Waals surface area contributed by atoms with Crippen LogP contribution >= 0.6 is 15.9 Å². The van der Waals surface area contributed by atoms with Crippen LogP contribution in [0.3, 0.4) is 0 Å². The molecule has 1 amide bonds. The van der Waals surface area contributed by atoms with Gasteiger partial charge in [-0.25, -0.2) is 13.8 Å². The number of quaternary nitrogens is 1. The molecule has 0 aliphatic carbocycles. The second-order valence-electron chi connectivity index (χ2n) is 6.93. The maximum atomic E-state index is 12.7. The smallest absolute Gasteiger partial charge is 0.295 e. The van der Waals surface area contributed by atoms with Crippen LogP contribution in [0.25, 0.3) is 0 Å². The molecule has 0 aromatic heterocycles. The first-order chi connectivity index (χ1) is 14.8. The Kier molecular flexibility index (Phi) is 7.49. The molecule has 0 spiro atoms.